The molecule has 0 heterocycles. The highest BCUT2D eigenvalue weighted by molar-refractivity contribution is 5.68. The highest BCUT2D eigenvalue weighted by atomic mass is 19.4. The number of nitrogens with one attached hydrogen (secondary N) is 1. The van der Waals surface area contributed by atoms with Gasteiger partial charge >= 0.3 is 12.3 Å². The van der Waals surface area contributed by atoms with Gasteiger partial charge < -0.3 is 15.8 Å². The van der Waals surface area contributed by atoms with Crippen LogP contribution in [-0.2, 0) is 10.9 Å². The van der Waals surface area contributed by atoms with E-state index >= 15 is 0 Å². The molecule has 1 atom stereocenters. The maximum absolute atomic E-state index is 12.7. The molecule has 0 aliphatic heterocycles. The first-order valence-corrected chi connectivity index (χ1v) is 6.39. The minimum absolute atomic E-state index is 0.0411. The van der Waals surface area contributed by atoms with Crippen LogP contribution in [0.2, 0.25) is 0 Å². The Labute approximate surface area is 121 Å². The van der Waals surface area contributed by atoms with E-state index < -0.39 is 29.5 Å². The SMILES string of the molecule is CC(C)(C)OC(=O)N[C@@H](CN)c1cccc(C(F)(F)F)c1. The number of alkyl halides is 3. The van der Waals surface area contributed by atoms with E-state index in [9.17, 15) is 18.0 Å². The maximum atomic E-state index is 12.7. The van der Waals surface area contributed by atoms with Crippen molar-refractivity contribution in [1.82, 2.24) is 5.32 Å². The molecule has 0 aliphatic rings. The summed E-state index contributed by atoms with van der Waals surface area (Å²) in [5.74, 6) is 0. The number of nitrogens with two attached hydrogens (primary N) is 1. The molecule has 7 heteroatoms. The summed E-state index contributed by atoms with van der Waals surface area (Å²) in [5, 5.41) is 2.46. The molecule has 0 radical (unpaired) electrons. The highest BCUT2D eigenvalue weighted by Gasteiger charge is 2.31. The largest absolute Gasteiger partial charge is 0.444 e. The molecule has 4 nitrogen and oxygen atoms in total. The molecular weight excluding hydrogens is 285 g/mol. The third-order valence-electron chi connectivity index (χ3n) is 2.54. The van der Waals surface area contributed by atoms with Gasteiger partial charge in [0.25, 0.3) is 0 Å². The second-order valence-corrected chi connectivity index (χ2v) is 5.56. The number of carbonyl (C=O) groups excluding carboxylic acids is 1. The molecule has 0 fully saturated rings. The van der Waals surface area contributed by atoms with E-state index in [4.69, 9.17) is 10.5 Å². The van der Waals surface area contributed by atoms with Gasteiger partial charge in [-0.25, -0.2) is 4.79 Å². The van der Waals surface area contributed by atoms with E-state index in [0.717, 1.165) is 12.1 Å². The average Bonchev–Trinajstić information content (AvgIpc) is 2.33. The molecule has 0 saturated heterocycles. The molecule has 0 spiro atoms. The molecule has 0 saturated carbocycles. The van der Waals surface area contributed by atoms with Gasteiger partial charge in [-0.3, -0.25) is 0 Å². The molecule has 1 aromatic carbocycles. The standard InChI is InChI=1S/C14H19F3N2O2/c1-13(2,3)21-12(20)19-11(8-18)9-5-4-6-10(7-9)14(15,16)17/h4-7,11H,8,18H2,1-3H3,(H,19,20)/t11-/m0/s1. The van der Waals surface area contributed by atoms with Crippen LogP contribution >= 0.6 is 0 Å². The Morgan fingerprint density at radius 1 is 1.33 bits per heavy atom. The second-order valence-electron chi connectivity index (χ2n) is 5.56. The third kappa shape index (κ3) is 5.63. The summed E-state index contributed by atoms with van der Waals surface area (Å²) in [6.45, 7) is 5.03. The fourth-order valence-electron chi connectivity index (χ4n) is 1.66. The lowest BCUT2D eigenvalue weighted by atomic mass is 10.0. The van der Waals surface area contributed by atoms with Crippen LogP contribution in [0.15, 0.2) is 24.3 Å². The van der Waals surface area contributed by atoms with Crippen LogP contribution in [0, 0.1) is 0 Å². The number of hydrogen-bond acceptors (Lipinski definition) is 3. The number of ether oxygens (including phenoxy) is 1. The van der Waals surface area contributed by atoms with E-state index in [1.54, 1.807) is 20.8 Å². The lowest BCUT2D eigenvalue weighted by Gasteiger charge is -2.23. The number of carbonyl (C=O) groups is 1. The van der Waals surface area contributed by atoms with Crippen LogP contribution in [0.25, 0.3) is 0 Å². The van der Waals surface area contributed by atoms with Crippen molar-refractivity contribution in [2.75, 3.05) is 6.54 Å². The quantitative estimate of drug-likeness (QED) is 0.901. The number of benzene rings is 1. The second kappa shape index (κ2) is 6.34. The Morgan fingerprint density at radius 2 is 1.95 bits per heavy atom. The number of amides is 1. The van der Waals surface area contributed by atoms with Gasteiger partial charge in [-0.1, -0.05) is 12.1 Å². The Morgan fingerprint density at radius 3 is 2.43 bits per heavy atom. The predicted molar refractivity (Wildman–Crippen MR) is 72.6 cm³/mol. The number of hydrogen-bond donors (Lipinski definition) is 2. The van der Waals surface area contributed by atoms with E-state index in [2.05, 4.69) is 5.32 Å². The number of alkyl carbamates (subject to hydrolysis) is 1. The molecule has 118 valence electrons. The van der Waals surface area contributed by atoms with Crippen LogP contribution in [0.1, 0.15) is 37.9 Å². The molecule has 3 N–H and O–H groups in total. The first-order chi connectivity index (χ1) is 9.53. The van der Waals surface area contributed by atoms with E-state index in [-0.39, 0.29) is 12.1 Å². The first-order valence-electron chi connectivity index (χ1n) is 6.39. The highest BCUT2D eigenvalue weighted by Crippen LogP contribution is 2.30. The van der Waals surface area contributed by atoms with Crippen LogP contribution in [-0.4, -0.2) is 18.2 Å². The summed E-state index contributed by atoms with van der Waals surface area (Å²) in [4.78, 5) is 11.7. The first kappa shape index (κ1) is 17.3. The molecule has 0 unspecified atom stereocenters. The van der Waals surface area contributed by atoms with Crippen molar-refractivity contribution < 1.29 is 22.7 Å². The summed E-state index contributed by atoms with van der Waals surface area (Å²) in [7, 11) is 0. The fourth-order valence-corrected chi connectivity index (χ4v) is 1.66. The van der Waals surface area contributed by atoms with Crippen molar-refractivity contribution in [3.8, 4) is 0 Å². The molecule has 21 heavy (non-hydrogen) atoms. The normalized spacial score (nSPS) is 13.7. The predicted octanol–water partition coefficient (Wildman–Crippen LogP) is 3.23. The molecule has 1 amide bonds. The fraction of sp³-hybridized carbons (Fsp3) is 0.500. The van der Waals surface area contributed by atoms with Gasteiger partial charge in [-0.2, -0.15) is 13.2 Å². The molecule has 0 aliphatic carbocycles. The van der Waals surface area contributed by atoms with Crippen LogP contribution < -0.4 is 11.1 Å². The zero-order valence-corrected chi connectivity index (χ0v) is 12.1. The lowest BCUT2D eigenvalue weighted by molar-refractivity contribution is -0.137. The van der Waals surface area contributed by atoms with E-state index in [1.165, 1.54) is 12.1 Å². The minimum Gasteiger partial charge on any atom is -0.444 e. The monoisotopic (exact) mass is 304 g/mol. The number of rotatable bonds is 3. The Kier molecular flexibility index (Phi) is 5.22. The maximum Gasteiger partial charge on any atom is 0.416 e. The molecule has 0 bridgehead atoms. The van der Waals surface area contributed by atoms with Gasteiger partial charge in [0, 0.05) is 6.54 Å². The van der Waals surface area contributed by atoms with Crippen molar-refractivity contribution >= 4 is 6.09 Å². The topological polar surface area (TPSA) is 64.3 Å². The van der Waals surface area contributed by atoms with Gasteiger partial charge in [0.2, 0.25) is 0 Å². The summed E-state index contributed by atoms with van der Waals surface area (Å²) in [6.07, 6.45) is -5.17. The number of halogens is 3. The van der Waals surface area contributed by atoms with Gasteiger partial charge in [0.05, 0.1) is 11.6 Å². The van der Waals surface area contributed by atoms with E-state index in [0.29, 0.717) is 0 Å². The van der Waals surface area contributed by atoms with Gasteiger partial charge in [-0.05, 0) is 38.5 Å². The van der Waals surface area contributed by atoms with Crippen LogP contribution in [0.5, 0.6) is 0 Å². The van der Waals surface area contributed by atoms with Gasteiger partial charge in [0.1, 0.15) is 5.60 Å². The van der Waals surface area contributed by atoms with Crippen molar-refractivity contribution in [1.29, 1.82) is 0 Å². The molecule has 1 aromatic rings. The van der Waals surface area contributed by atoms with Crippen molar-refractivity contribution in [3.05, 3.63) is 35.4 Å². The summed E-state index contributed by atoms with van der Waals surface area (Å²) < 4.78 is 43.1. The molecule has 0 aromatic heterocycles. The Hall–Kier alpha value is -1.76. The van der Waals surface area contributed by atoms with Crippen LogP contribution in [0.4, 0.5) is 18.0 Å². The van der Waals surface area contributed by atoms with Crippen molar-refractivity contribution in [2.24, 2.45) is 5.73 Å². The summed E-state index contributed by atoms with van der Waals surface area (Å²) >= 11 is 0. The smallest absolute Gasteiger partial charge is 0.416 e. The van der Waals surface area contributed by atoms with Gasteiger partial charge in [0.15, 0.2) is 0 Å². The third-order valence-corrected chi connectivity index (χ3v) is 2.54. The lowest BCUT2D eigenvalue weighted by Crippen LogP contribution is -2.37. The Bertz CT molecular complexity index is 496. The molecule has 1 rings (SSSR count). The van der Waals surface area contributed by atoms with Crippen LogP contribution in [0.3, 0.4) is 0 Å². The zero-order chi connectivity index (χ0) is 16.3. The Balaban J connectivity index is 2.88. The van der Waals surface area contributed by atoms with Crippen molar-refractivity contribution in [3.63, 3.8) is 0 Å². The zero-order valence-electron chi connectivity index (χ0n) is 12.1. The summed E-state index contributed by atoms with van der Waals surface area (Å²) in [5.41, 5.74) is 4.32. The van der Waals surface area contributed by atoms with E-state index in [1.807, 2.05) is 0 Å². The summed E-state index contributed by atoms with van der Waals surface area (Å²) in [6, 6.07) is 3.93. The van der Waals surface area contributed by atoms with Crippen molar-refractivity contribution in [2.45, 2.75) is 38.6 Å². The average molecular weight is 304 g/mol. The molecular formula is C14H19F3N2O2. The minimum atomic E-state index is -4.44. The van der Waals surface area contributed by atoms with Gasteiger partial charge in [-0.15, -0.1) is 0 Å².